The van der Waals surface area contributed by atoms with Crippen LogP contribution in [0.3, 0.4) is 0 Å². The summed E-state index contributed by atoms with van der Waals surface area (Å²) in [4.78, 5) is 0. The smallest absolute Gasteiger partial charge is 0.232 e. The Balaban J connectivity index is 2.95. The van der Waals surface area contributed by atoms with Gasteiger partial charge in [0.25, 0.3) is 0 Å². The van der Waals surface area contributed by atoms with Crippen LogP contribution in [-0.4, -0.2) is 19.3 Å². The molecular formula is C11H16ClNO3S. The first-order valence-electron chi connectivity index (χ1n) is 5.35. The molecule has 1 aromatic rings. The van der Waals surface area contributed by atoms with Crippen molar-refractivity contribution in [1.29, 1.82) is 0 Å². The van der Waals surface area contributed by atoms with Crippen LogP contribution in [0.4, 0.5) is 5.69 Å². The van der Waals surface area contributed by atoms with Crippen LogP contribution in [0.2, 0.25) is 5.02 Å². The van der Waals surface area contributed by atoms with E-state index in [1.165, 1.54) is 6.07 Å². The molecule has 0 atom stereocenters. The summed E-state index contributed by atoms with van der Waals surface area (Å²) in [6.45, 7) is 3.57. The molecule has 4 nitrogen and oxygen atoms in total. The van der Waals surface area contributed by atoms with Gasteiger partial charge in [0.15, 0.2) is 0 Å². The summed E-state index contributed by atoms with van der Waals surface area (Å²) in [5.74, 6) is -0.0522. The quantitative estimate of drug-likeness (QED) is 0.813. The molecule has 0 aliphatic carbocycles. The molecule has 1 aromatic carbocycles. The molecule has 0 saturated heterocycles. The highest BCUT2D eigenvalue weighted by molar-refractivity contribution is 7.92. The molecule has 0 bridgehead atoms. The van der Waals surface area contributed by atoms with Crippen molar-refractivity contribution in [3.05, 3.63) is 22.7 Å². The number of hydrogen-bond acceptors (Lipinski definition) is 3. The number of phenolic OH excluding ortho intramolecular Hbond substituents is 1. The van der Waals surface area contributed by atoms with Crippen LogP contribution in [-0.2, 0) is 10.0 Å². The van der Waals surface area contributed by atoms with E-state index in [1.807, 2.05) is 6.92 Å². The second-order valence-corrected chi connectivity index (χ2v) is 6.17. The molecule has 0 saturated carbocycles. The number of aryl methyl sites for hydroxylation is 1. The van der Waals surface area contributed by atoms with Gasteiger partial charge in [0.05, 0.1) is 11.4 Å². The number of anilines is 1. The fraction of sp³-hybridized carbons (Fsp3) is 0.455. The third-order valence-corrected chi connectivity index (χ3v) is 3.87. The number of unbranched alkanes of at least 4 members (excludes halogenated alkanes) is 1. The zero-order valence-corrected chi connectivity index (χ0v) is 11.4. The Hall–Kier alpha value is -0.940. The van der Waals surface area contributed by atoms with E-state index in [-0.39, 0.29) is 17.2 Å². The van der Waals surface area contributed by atoms with Crippen LogP contribution >= 0.6 is 11.6 Å². The van der Waals surface area contributed by atoms with Crippen LogP contribution in [0.1, 0.15) is 25.3 Å². The minimum Gasteiger partial charge on any atom is -0.505 e. The maximum Gasteiger partial charge on any atom is 0.232 e. The van der Waals surface area contributed by atoms with Crippen molar-refractivity contribution < 1.29 is 13.5 Å². The van der Waals surface area contributed by atoms with E-state index >= 15 is 0 Å². The molecule has 0 aliphatic rings. The SMILES string of the molecule is CCCCS(=O)(=O)Nc1cc(Cl)cc(C)c1O. The summed E-state index contributed by atoms with van der Waals surface area (Å²) >= 11 is 5.81. The molecule has 0 unspecified atom stereocenters. The second-order valence-electron chi connectivity index (χ2n) is 3.89. The third kappa shape index (κ3) is 4.09. The Kier molecular flexibility index (Phi) is 4.65. The summed E-state index contributed by atoms with van der Waals surface area (Å²) in [5, 5.41) is 10.1. The average molecular weight is 278 g/mol. The summed E-state index contributed by atoms with van der Waals surface area (Å²) in [6.07, 6.45) is 1.37. The van der Waals surface area contributed by atoms with Crippen LogP contribution in [0, 0.1) is 6.92 Å². The number of nitrogens with one attached hydrogen (secondary N) is 1. The maximum atomic E-state index is 11.7. The Labute approximate surface area is 107 Å². The predicted molar refractivity (Wildman–Crippen MR) is 70.2 cm³/mol. The van der Waals surface area contributed by atoms with E-state index in [4.69, 9.17) is 11.6 Å². The van der Waals surface area contributed by atoms with Gasteiger partial charge in [-0.05, 0) is 31.0 Å². The van der Waals surface area contributed by atoms with Gasteiger partial charge in [-0.1, -0.05) is 24.9 Å². The van der Waals surface area contributed by atoms with Gasteiger partial charge in [-0.15, -0.1) is 0 Å². The van der Waals surface area contributed by atoms with Crippen LogP contribution in [0.15, 0.2) is 12.1 Å². The molecule has 0 amide bonds. The van der Waals surface area contributed by atoms with Gasteiger partial charge in [-0.2, -0.15) is 0 Å². The number of sulfonamides is 1. The first-order valence-corrected chi connectivity index (χ1v) is 7.38. The van der Waals surface area contributed by atoms with Crippen molar-refractivity contribution in [2.75, 3.05) is 10.5 Å². The second kappa shape index (κ2) is 5.60. The molecule has 0 fully saturated rings. The number of halogens is 1. The molecule has 17 heavy (non-hydrogen) atoms. The summed E-state index contributed by atoms with van der Waals surface area (Å²) in [7, 11) is -3.42. The van der Waals surface area contributed by atoms with Crippen LogP contribution < -0.4 is 4.72 Å². The van der Waals surface area contributed by atoms with Gasteiger partial charge < -0.3 is 5.11 Å². The van der Waals surface area contributed by atoms with Crippen LogP contribution in [0.5, 0.6) is 5.75 Å². The molecule has 2 N–H and O–H groups in total. The summed E-state index contributed by atoms with van der Waals surface area (Å²) in [5.41, 5.74) is 0.664. The highest BCUT2D eigenvalue weighted by atomic mass is 35.5. The van der Waals surface area contributed by atoms with Gasteiger partial charge >= 0.3 is 0 Å². The van der Waals surface area contributed by atoms with Gasteiger partial charge in [-0.3, -0.25) is 4.72 Å². The Bertz CT molecular complexity index is 500. The summed E-state index contributed by atoms with van der Waals surface area (Å²) < 4.78 is 25.7. The molecule has 6 heteroatoms. The number of benzene rings is 1. The molecule has 96 valence electrons. The standard InChI is InChI=1S/C11H16ClNO3S/c1-3-4-5-17(15,16)13-10-7-9(12)6-8(2)11(10)14/h6-7,13-14H,3-5H2,1-2H3. The van der Waals surface area contributed by atoms with Crippen molar-refractivity contribution in [3.8, 4) is 5.75 Å². The Morgan fingerprint density at radius 3 is 2.65 bits per heavy atom. The van der Waals surface area contributed by atoms with Gasteiger partial charge in [0.1, 0.15) is 5.75 Å². The van der Waals surface area contributed by atoms with E-state index < -0.39 is 10.0 Å². The fourth-order valence-corrected chi connectivity index (χ4v) is 2.90. The first-order chi connectivity index (χ1) is 7.85. The lowest BCUT2D eigenvalue weighted by molar-refractivity contribution is 0.473. The minimum absolute atomic E-state index is 0.0362. The lowest BCUT2D eigenvalue weighted by Crippen LogP contribution is -2.16. The zero-order chi connectivity index (χ0) is 13.1. The van der Waals surface area contributed by atoms with Gasteiger partial charge in [0.2, 0.25) is 10.0 Å². The van der Waals surface area contributed by atoms with Gasteiger partial charge in [0, 0.05) is 5.02 Å². The molecule has 0 heterocycles. The molecular weight excluding hydrogens is 262 g/mol. The fourth-order valence-electron chi connectivity index (χ4n) is 1.37. The Morgan fingerprint density at radius 2 is 2.06 bits per heavy atom. The number of aromatic hydroxyl groups is 1. The maximum absolute atomic E-state index is 11.7. The first kappa shape index (κ1) is 14.1. The molecule has 0 aromatic heterocycles. The van der Waals surface area contributed by atoms with Crippen molar-refractivity contribution in [2.45, 2.75) is 26.7 Å². The molecule has 1 rings (SSSR count). The average Bonchev–Trinajstić information content (AvgIpc) is 2.22. The van der Waals surface area contributed by atoms with E-state index in [9.17, 15) is 13.5 Å². The van der Waals surface area contributed by atoms with E-state index in [0.717, 1.165) is 6.42 Å². The Morgan fingerprint density at radius 1 is 1.41 bits per heavy atom. The summed E-state index contributed by atoms with van der Waals surface area (Å²) in [6, 6.07) is 2.97. The highest BCUT2D eigenvalue weighted by Gasteiger charge is 2.14. The van der Waals surface area contributed by atoms with Gasteiger partial charge in [-0.25, -0.2) is 8.42 Å². The van der Waals surface area contributed by atoms with E-state index in [1.54, 1.807) is 13.0 Å². The monoisotopic (exact) mass is 277 g/mol. The van der Waals surface area contributed by atoms with Crippen LogP contribution in [0.25, 0.3) is 0 Å². The normalized spacial score (nSPS) is 11.5. The zero-order valence-electron chi connectivity index (χ0n) is 9.83. The molecule has 0 aliphatic heterocycles. The lowest BCUT2D eigenvalue weighted by atomic mass is 10.2. The number of hydrogen-bond donors (Lipinski definition) is 2. The third-order valence-electron chi connectivity index (χ3n) is 2.30. The number of phenols is 1. The predicted octanol–water partition coefficient (Wildman–Crippen LogP) is 2.90. The van der Waals surface area contributed by atoms with E-state index in [0.29, 0.717) is 17.0 Å². The minimum atomic E-state index is -3.42. The highest BCUT2D eigenvalue weighted by Crippen LogP contribution is 2.31. The van der Waals surface area contributed by atoms with Crippen molar-refractivity contribution in [1.82, 2.24) is 0 Å². The van der Waals surface area contributed by atoms with Crippen molar-refractivity contribution in [3.63, 3.8) is 0 Å². The number of rotatable bonds is 5. The van der Waals surface area contributed by atoms with Crippen molar-refractivity contribution >= 4 is 27.3 Å². The largest absolute Gasteiger partial charge is 0.505 e. The topological polar surface area (TPSA) is 66.4 Å². The molecule has 0 radical (unpaired) electrons. The van der Waals surface area contributed by atoms with E-state index in [2.05, 4.69) is 4.72 Å². The lowest BCUT2D eigenvalue weighted by Gasteiger charge is -2.11. The van der Waals surface area contributed by atoms with Crippen molar-refractivity contribution in [2.24, 2.45) is 0 Å². The molecule has 0 spiro atoms.